The topological polar surface area (TPSA) is 30.5 Å². The van der Waals surface area contributed by atoms with Crippen LogP contribution in [0.25, 0.3) is 0 Å². The fraction of sp³-hybridized carbons (Fsp3) is 0.333. The van der Waals surface area contributed by atoms with Crippen LogP contribution in [-0.2, 0) is 13.2 Å². The van der Waals surface area contributed by atoms with Crippen molar-refractivity contribution in [2.75, 3.05) is 7.11 Å². The summed E-state index contributed by atoms with van der Waals surface area (Å²) in [6.07, 6.45) is 0. The highest BCUT2D eigenvalue weighted by Crippen LogP contribution is 2.32. The van der Waals surface area contributed by atoms with Crippen molar-refractivity contribution in [1.29, 1.82) is 0 Å². The summed E-state index contributed by atoms with van der Waals surface area (Å²) in [7, 11) is 1.65. The van der Waals surface area contributed by atoms with Crippen molar-refractivity contribution < 1.29 is 9.47 Å². The number of ether oxygens (including phenoxy) is 2. The number of methoxy groups -OCH3 is 1. The molecule has 0 saturated carbocycles. The van der Waals surface area contributed by atoms with Crippen LogP contribution in [0.5, 0.6) is 11.5 Å². The van der Waals surface area contributed by atoms with E-state index in [4.69, 9.17) is 21.1 Å². The molecule has 118 valence electrons. The molecule has 0 unspecified atom stereocenters. The Balaban J connectivity index is 2.16. The van der Waals surface area contributed by atoms with Gasteiger partial charge in [-0.3, -0.25) is 0 Å². The zero-order chi connectivity index (χ0) is 15.9. The molecular formula is C18H22ClNO2. The third-order valence-electron chi connectivity index (χ3n) is 3.25. The van der Waals surface area contributed by atoms with Gasteiger partial charge in [-0.2, -0.15) is 0 Å². The summed E-state index contributed by atoms with van der Waals surface area (Å²) >= 11 is 6.01. The number of hydrogen-bond donors (Lipinski definition) is 1. The van der Waals surface area contributed by atoms with Crippen LogP contribution in [0.2, 0.25) is 5.02 Å². The van der Waals surface area contributed by atoms with E-state index in [0.717, 1.165) is 29.2 Å². The first kappa shape index (κ1) is 16.7. The van der Waals surface area contributed by atoms with E-state index in [9.17, 15) is 0 Å². The lowest BCUT2D eigenvalue weighted by Crippen LogP contribution is -2.22. The second-order valence-electron chi connectivity index (χ2n) is 5.40. The van der Waals surface area contributed by atoms with Gasteiger partial charge in [-0.05, 0) is 23.8 Å². The first-order chi connectivity index (χ1) is 10.6. The third kappa shape index (κ3) is 4.65. The quantitative estimate of drug-likeness (QED) is 0.819. The molecule has 0 saturated heterocycles. The van der Waals surface area contributed by atoms with Gasteiger partial charge < -0.3 is 14.8 Å². The van der Waals surface area contributed by atoms with Crippen LogP contribution >= 0.6 is 11.6 Å². The predicted octanol–water partition coefficient (Wildman–Crippen LogP) is 4.43. The fourth-order valence-corrected chi connectivity index (χ4v) is 2.33. The maximum absolute atomic E-state index is 6.01. The lowest BCUT2D eigenvalue weighted by Gasteiger charge is -2.16. The summed E-state index contributed by atoms with van der Waals surface area (Å²) in [4.78, 5) is 0. The molecule has 0 fully saturated rings. The summed E-state index contributed by atoms with van der Waals surface area (Å²) in [6, 6.07) is 14.0. The number of benzene rings is 2. The van der Waals surface area contributed by atoms with Crippen LogP contribution in [-0.4, -0.2) is 13.2 Å². The Hall–Kier alpha value is -1.71. The minimum absolute atomic E-state index is 0.409. The van der Waals surface area contributed by atoms with Crippen LogP contribution in [0.3, 0.4) is 0 Å². The molecule has 0 aliphatic heterocycles. The number of halogens is 1. The lowest BCUT2D eigenvalue weighted by atomic mass is 10.1. The van der Waals surface area contributed by atoms with E-state index in [-0.39, 0.29) is 0 Å². The van der Waals surface area contributed by atoms with Gasteiger partial charge in [0.2, 0.25) is 0 Å². The molecule has 1 N–H and O–H groups in total. The average Bonchev–Trinajstić information content (AvgIpc) is 2.51. The normalized spacial score (nSPS) is 10.8. The van der Waals surface area contributed by atoms with Crippen LogP contribution < -0.4 is 14.8 Å². The van der Waals surface area contributed by atoms with Crippen molar-refractivity contribution in [3.05, 3.63) is 58.6 Å². The van der Waals surface area contributed by atoms with Gasteiger partial charge in [-0.25, -0.2) is 0 Å². The van der Waals surface area contributed by atoms with E-state index >= 15 is 0 Å². The largest absolute Gasteiger partial charge is 0.493 e. The van der Waals surface area contributed by atoms with Gasteiger partial charge in [0.05, 0.1) is 7.11 Å². The van der Waals surface area contributed by atoms with E-state index in [1.807, 2.05) is 42.5 Å². The SMILES string of the molecule is COc1cccc(CNC(C)C)c1OCc1cccc(Cl)c1. The Morgan fingerprint density at radius 2 is 1.91 bits per heavy atom. The maximum atomic E-state index is 6.01. The summed E-state index contributed by atoms with van der Waals surface area (Å²) in [5, 5.41) is 4.12. The van der Waals surface area contributed by atoms with E-state index in [0.29, 0.717) is 17.7 Å². The average molecular weight is 320 g/mol. The molecule has 3 nitrogen and oxygen atoms in total. The van der Waals surface area contributed by atoms with E-state index < -0.39 is 0 Å². The van der Waals surface area contributed by atoms with Gasteiger partial charge in [0, 0.05) is 23.2 Å². The number of hydrogen-bond acceptors (Lipinski definition) is 3. The molecule has 0 radical (unpaired) electrons. The van der Waals surface area contributed by atoms with Crippen LogP contribution in [0, 0.1) is 0 Å². The Bertz CT molecular complexity index is 614. The summed E-state index contributed by atoms with van der Waals surface area (Å²) in [6.45, 7) is 5.43. The van der Waals surface area contributed by atoms with Gasteiger partial charge >= 0.3 is 0 Å². The second-order valence-corrected chi connectivity index (χ2v) is 5.84. The highest BCUT2D eigenvalue weighted by atomic mass is 35.5. The molecule has 2 aromatic carbocycles. The monoisotopic (exact) mass is 319 g/mol. The molecule has 0 atom stereocenters. The molecular weight excluding hydrogens is 298 g/mol. The summed E-state index contributed by atoms with van der Waals surface area (Å²) < 4.78 is 11.4. The van der Waals surface area contributed by atoms with Crippen molar-refractivity contribution in [1.82, 2.24) is 5.32 Å². The predicted molar refractivity (Wildman–Crippen MR) is 90.8 cm³/mol. The van der Waals surface area contributed by atoms with Gasteiger partial charge in [-0.15, -0.1) is 0 Å². The number of rotatable bonds is 7. The summed E-state index contributed by atoms with van der Waals surface area (Å²) in [5.74, 6) is 1.52. The van der Waals surface area contributed by atoms with Crippen LogP contribution in [0.1, 0.15) is 25.0 Å². The minimum Gasteiger partial charge on any atom is -0.493 e. The molecule has 0 aromatic heterocycles. The zero-order valence-corrected chi connectivity index (χ0v) is 14.0. The lowest BCUT2D eigenvalue weighted by molar-refractivity contribution is 0.280. The van der Waals surface area contributed by atoms with Crippen molar-refractivity contribution in [3.8, 4) is 11.5 Å². The van der Waals surface area contributed by atoms with Crippen LogP contribution in [0.4, 0.5) is 0 Å². The van der Waals surface area contributed by atoms with E-state index in [2.05, 4.69) is 19.2 Å². The van der Waals surface area contributed by atoms with Gasteiger partial charge in [0.1, 0.15) is 6.61 Å². The molecule has 0 spiro atoms. The van der Waals surface area contributed by atoms with Gasteiger partial charge in [-0.1, -0.05) is 49.7 Å². The standard InChI is InChI=1S/C18H22ClNO2/c1-13(2)20-11-15-7-5-9-17(21-3)18(15)22-12-14-6-4-8-16(19)10-14/h4-10,13,20H,11-12H2,1-3H3. The Morgan fingerprint density at radius 1 is 1.14 bits per heavy atom. The van der Waals surface area contributed by atoms with Crippen LogP contribution in [0.15, 0.2) is 42.5 Å². The third-order valence-corrected chi connectivity index (χ3v) is 3.49. The molecule has 2 rings (SSSR count). The maximum Gasteiger partial charge on any atom is 0.166 e. The molecule has 0 aliphatic rings. The van der Waals surface area contributed by atoms with Gasteiger partial charge in [0.15, 0.2) is 11.5 Å². The Kier molecular flexibility index (Phi) is 6.10. The van der Waals surface area contributed by atoms with Crippen molar-refractivity contribution in [2.24, 2.45) is 0 Å². The number of para-hydroxylation sites is 1. The Morgan fingerprint density at radius 3 is 2.59 bits per heavy atom. The molecule has 0 bridgehead atoms. The first-order valence-corrected chi connectivity index (χ1v) is 7.74. The molecule has 0 amide bonds. The van der Waals surface area contributed by atoms with Crippen molar-refractivity contribution in [2.45, 2.75) is 33.0 Å². The first-order valence-electron chi connectivity index (χ1n) is 7.36. The molecule has 0 aliphatic carbocycles. The Labute approximate surface area is 137 Å². The van der Waals surface area contributed by atoms with E-state index in [1.54, 1.807) is 7.11 Å². The molecule has 2 aromatic rings. The van der Waals surface area contributed by atoms with Gasteiger partial charge in [0.25, 0.3) is 0 Å². The molecule has 22 heavy (non-hydrogen) atoms. The zero-order valence-electron chi connectivity index (χ0n) is 13.2. The number of nitrogens with one attached hydrogen (secondary N) is 1. The summed E-state index contributed by atoms with van der Waals surface area (Å²) in [5.41, 5.74) is 2.11. The molecule has 4 heteroatoms. The highest BCUT2D eigenvalue weighted by Gasteiger charge is 2.11. The highest BCUT2D eigenvalue weighted by molar-refractivity contribution is 6.30. The second kappa shape index (κ2) is 8.06. The van der Waals surface area contributed by atoms with E-state index in [1.165, 1.54) is 0 Å². The van der Waals surface area contributed by atoms with Crippen molar-refractivity contribution >= 4 is 11.6 Å². The molecule has 0 heterocycles. The van der Waals surface area contributed by atoms with Crippen molar-refractivity contribution in [3.63, 3.8) is 0 Å². The smallest absolute Gasteiger partial charge is 0.166 e. The minimum atomic E-state index is 0.409. The fourth-order valence-electron chi connectivity index (χ4n) is 2.12.